The first-order chi connectivity index (χ1) is 12.6. The van der Waals surface area contributed by atoms with Crippen LogP contribution in [0.4, 0.5) is 5.95 Å². The molecule has 4 aromatic rings. The lowest BCUT2D eigenvalue weighted by Crippen LogP contribution is -2.17. The van der Waals surface area contributed by atoms with Crippen LogP contribution in [0.3, 0.4) is 0 Å². The van der Waals surface area contributed by atoms with E-state index in [2.05, 4.69) is 10.3 Å². The van der Waals surface area contributed by atoms with E-state index >= 15 is 0 Å². The standard InChI is InChI=1S/C19H15N3O4/c1-22-15-6-4-3-5-14(15)20-19(22)21-18(24)13-10-17(23)26-16-9-11(25-2)7-8-12(13)16/h3-10H,1-2H3,(H,20,21,24). The molecule has 2 aromatic heterocycles. The number of fused-ring (bicyclic) bond motifs is 2. The van der Waals surface area contributed by atoms with Gasteiger partial charge >= 0.3 is 5.63 Å². The molecule has 0 radical (unpaired) electrons. The largest absolute Gasteiger partial charge is 0.497 e. The highest BCUT2D eigenvalue weighted by atomic mass is 16.5. The predicted molar refractivity (Wildman–Crippen MR) is 97.7 cm³/mol. The number of nitrogens with one attached hydrogen (secondary N) is 1. The quantitative estimate of drug-likeness (QED) is 0.575. The number of hydrogen-bond donors (Lipinski definition) is 1. The minimum Gasteiger partial charge on any atom is -0.497 e. The smallest absolute Gasteiger partial charge is 0.337 e. The Morgan fingerprint density at radius 3 is 2.77 bits per heavy atom. The van der Waals surface area contributed by atoms with Crippen molar-refractivity contribution in [1.29, 1.82) is 0 Å². The summed E-state index contributed by atoms with van der Waals surface area (Å²) in [6, 6.07) is 13.7. The van der Waals surface area contributed by atoms with Gasteiger partial charge in [0.1, 0.15) is 11.3 Å². The van der Waals surface area contributed by atoms with E-state index in [1.54, 1.807) is 22.8 Å². The third kappa shape index (κ3) is 2.59. The molecule has 0 saturated heterocycles. The molecule has 0 aliphatic carbocycles. The highest BCUT2D eigenvalue weighted by Crippen LogP contribution is 2.24. The summed E-state index contributed by atoms with van der Waals surface area (Å²) in [5.41, 5.74) is 1.55. The summed E-state index contributed by atoms with van der Waals surface area (Å²) in [4.78, 5) is 29.1. The molecule has 7 nitrogen and oxygen atoms in total. The summed E-state index contributed by atoms with van der Waals surface area (Å²) in [5, 5.41) is 3.28. The molecular formula is C19H15N3O4. The van der Waals surface area contributed by atoms with E-state index in [0.717, 1.165) is 11.0 Å². The van der Waals surface area contributed by atoms with Crippen molar-refractivity contribution in [3.05, 3.63) is 64.5 Å². The van der Waals surface area contributed by atoms with E-state index in [-0.39, 0.29) is 11.1 Å². The van der Waals surface area contributed by atoms with Crippen molar-refractivity contribution >= 4 is 33.9 Å². The molecule has 4 rings (SSSR count). The van der Waals surface area contributed by atoms with Crippen LogP contribution < -0.4 is 15.7 Å². The van der Waals surface area contributed by atoms with E-state index < -0.39 is 11.5 Å². The summed E-state index contributed by atoms with van der Waals surface area (Å²) in [6.45, 7) is 0. The Morgan fingerprint density at radius 2 is 2.00 bits per heavy atom. The number of carbonyl (C=O) groups excluding carboxylic acids is 1. The van der Waals surface area contributed by atoms with Gasteiger partial charge in [-0.25, -0.2) is 9.78 Å². The topological polar surface area (TPSA) is 86.4 Å². The number of benzene rings is 2. The van der Waals surface area contributed by atoms with Crippen LogP contribution in [0.25, 0.3) is 22.0 Å². The van der Waals surface area contributed by atoms with Gasteiger partial charge in [-0.05, 0) is 24.3 Å². The minimum absolute atomic E-state index is 0.214. The fraction of sp³-hybridized carbons (Fsp3) is 0.105. The molecule has 0 fully saturated rings. The lowest BCUT2D eigenvalue weighted by molar-refractivity contribution is 0.102. The number of imidazole rings is 1. The Hall–Kier alpha value is -3.61. The fourth-order valence-corrected chi connectivity index (χ4v) is 2.88. The van der Waals surface area contributed by atoms with Gasteiger partial charge in [0, 0.05) is 24.6 Å². The van der Waals surface area contributed by atoms with Gasteiger partial charge in [-0.2, -0.15) is 0 Å². The monoisotopic (exact) mass is 349 g/mol. The molecule has 130 valence electrons. The minimum atomic E-state index is -0.610. The lowest BCUT2D eigenvalue weighted by Gasteiger charge is -2.08. The van der Waals surface area contributed by atoms with Crippen molar-refractivity contribution < 1.29 is 13.9 Å². The third-order valence-electron chi connectivity index (χ3n) is 4.21. The Labute approximate surface area is 147 Å². The van der Waals surface area contributed by atoms with Gasteiger partial charge < -0.3 is 13.7 Å². The first kappa shape index (κ1) is 15.9. The van der Waals surface area contributed by atoms with Gasteiger partial charge in [0.15, 0.2) is 0 Å². The number of rotatable bonds is 3. The van der Waals surface area contributed by atoms with Crippen LogP contribution in [-0.2, 0) is 7.05 Å². The van der Waals surface area contributed by atoms with Crippen molar-refractivity contribution in [2.75, 3.05) is 12.4 Å². The molecule has 1 N–H and O–H groups in total. The van der Waals surface area contributed by atoms with Gasteiger partial charge in [-0.1, -0.05) is 12.1 Å². The molecule has 0 saturated carbocycles. The zero-order valence-corrected chi connectivity index (χ0v) is 14.1. The number of anilines is 1. The van der Waals surface area contributed by atoms with E-state index in [9.17, 15) is 9.59 Å². The number of nitrogens with zero attached hydrogens (tertiary/aromatic N) is 2. The lowest BCUT2D eigenvalue weighted by atomic mass is 10.1. The van der Waals surface area contributed by atoms with Gasteiger partial charge in [0.25, 0.3) is 5.91 Å². The van der Waals surface area contributed by atoms with Crippen molar-refractivity contribution in [3.63, 3.8) is 0 Å². The Balaban J connectivity index is 1.78. The number of ether oxygens (including phenoxy) is 1. The van der Waals surface area contributed by atoms with Crippen molar-refractivity contribution in [2.24, 2.45) is 7.05 Å². The average Bonchev–Trinajstić information content (AvgIpc) is 2.96. The molecule has 0 unspecified atom stereocenters. The molecule has 0 aliphatic rings. The molecule has 0 spiro atoms. The van der Waals surface area contributed by atoms with Gasteiger partial charge in [-0.15, -0.1) is 0 Å². The molecule has 26 heavy (non-hydrogen) atoms. The second-order valence-electron chi connectivity index (χ2n) is 5.78. The molecule has 0 bridgehead atoms. The first-order valence-electron chi connectivity index (χ1n) is 7.91. The normalized spacial score (nSPS) is 11.0. The average molecular weight is 349 g/mol. The molecule has 2 heterocycles. The van der Waals surface area contributed by atoms with E-state index in [4.69, 9.17) is 9.15 Å². The zero-order chi connectivity index (χ0) is 18.3. The Kier molecular flexibility index (Phi) is 3.69. The molecule has 2 aromatic carbocycles. The van der Waals surface area contributed by atoms with Crippen LogP contribution in [0.5, 0.6) is 5.75 Å². The molecule has 0 atom stereocenters. The van der Waals surface area contributed by atoms with Crippen molar-refractivity contribution in [1.82, 2.24) is 9.55 Å². The number of aryl methyl sites for hydroxylation is 1. The summed E-state index contributed by atoms with van der Waals surface area (Å²) in [5.74, 6) is 0.492. The maximum Gasteiger partial charge on any atom is 0.337 e. The highest BCUT2D eigenvalue weighted by Gasteiger charge is 2.17. The summed E-state index contributed by atoms with van der Waals surface area (Å²) >= 11 is 0. The molecule has 7 heteroatoms. The second kappa shape index (κ2) is 6.03. The maximum absolute atomic E-state index is 12.8. The van der Waals surface area contributed by atoms with E-state index in [1.165, 1.54) is 13.2 Å². The number of amides is 1. The van der Waals surface area contributed by atoms with Crippen molar-refractivity contribution in [2.45, 2.75) is 0 Å². The second-order valence-corrected chi connectivity index (χ2v) is 5.78. The van der Waals surface area contributed by atoms with E-state index in [0.29, 0.717) is 17.1 Å². The van der Waals surface area contributed by atoms with Crippen LogP contribution in [0.15, 0.2) is 57.7 Å². The predicted octanol–water partition coefficient (Wildman–Crippen LogP) is 2.94. The summed E-state index contributed by atoms with van der Waals surface area (Å²) in [6.07, 6.45) is 0. The third-order valence-corrected chi connectivity index (χ3v) is 4.21. The maximum atomic E-state index is 12.8. The number of hydrogen-bond acceptors (Lipinski definition) is 5. The number of para-hydroxylation sites is 2. The van der Waals surface area contributed by atoms with Crippen LogP contribution in [0, 0.1) is 0 Å². The van der Waals surface area contributed by atoms with Crippen LogP contribution >= 0.6 is 0 Å². The van der Waals surface area contributed by atoms with Crippen LogP contribution in [0.1, 0.15) is 10.4 Å². The highest BCUT2D eigenvalue weighted by molar-refractivity contribution is 6.11. The summed E-state index contributed by atoms with van der Waals surface area (Å²) in [7, 11) is 3.33. The van der Waals surface area contributed by atoms with E-state index in [1.807, 2.05) is 31.3 Å². The van der Waals surface area contributed by atoms with Gasteiger partial charge in [-0.3, -0.25) is 10.1 Å². The van der Waals surface area contributed by atoms with Gasteiger partial charge in [0.2, 0.25) is 5.95 Å². The van der Waals surface area contributed by atoms with Gasteiger partial charge in [0.05, 0.1) is 23.7 Å². The number of methoxy groups -OCH3 is 1. The molecule has 1 amide bonds. The van der Waals surface area contributed by atoms with Crippen LogP contribution in [-0.4, -0.2) is 22.6 Å². The first-order valence-corrected chi connectivity index (χ1v) is 7.91. The van der Waals surface area contributed by atoms with Crippen molar-refractivity contribution in [3.8, 4) is 5.75 Å². The zero-order valence-electron chi connectivity index (χ0n) is 14.1. The Morgan fingerprint density at radius 1 is 1.19 bits per heavy atom. The molecular weight excluding hydrogens is 334 g/mol. The molecule has 0 aliphatic heterocycles. The Bertz CT molecular complexity index is 1210. The summed E-state index contributed by atoms with van der Waals surface area (Å²) < 4.78 is 12.1. The fourth-order valence-electron chi connectivity index (χ4n) is 2.88. The number of aromatic nitrogens is 2. The SMILES string of the molecule is COc1ccc2c(C(=O)Nc3nc4ccccc4n3C)cc(=O)oc2c1. The van der Waals surface area contributed by atoms with Crippen LogP contribution in [0.2, 0.25) is 0 Å². The number of carbonyl (C=O) groups is 1.